The van der Waals surface area contributed by atoms with Gasteiger partial charge >= 0.3 is 6.09 Å². The van der Waals surface area contributed by atoms with Crippen molar-refractivity contribution in [3.63, 3.8) is 0 Å². The molecule has 1 aliphatic heterocycles. The van der Waals surface area contributed by atoms with Crippen molar-refractivity contribution in [2.24, 2.45) is 0 Å². The molecular formula is C18H20Cl2N4O3. The van der Waals surface area contributed by atoms with Crippen LogP contribution in [-0.4, -0.2) is 39.2 Å². The molecule has 27 heavy (non-hydrogen) atoms. The van der Waals surface area contributed by atoms with Crippen LogP contribution in [0, 0.1) is 0 Å². The van der Waals surface area contributed by atoms with E-state index in [4.69, 9.17) is 27.9 Å². The molecule has 2 aromatic rings. The zero-order valence-electron chi connectivity index (χ0n) is 15.2. The number of fused-ring (bicyclic) bond motifs is 1. The Morgan fingerprint density at radius 3 is 2.70 bits per heavy atom. The molecule has 0 bridgehead atoms. The van der Waals surface area contributed by atoms with Gasteiger partial charge in [-0.25, -0.2) is 4.79 Å². The molecule has 0 saturated heterocycles. The van der Waals surface area contributed by atoms with Crippen LogP contribution in [0.5, 0.6) is 0 Å². The molecule has 0 unspecified atom stereocenters. The third kappa shape index (κ3) is 4.54. The zero-order valence-corrected chi connectivity index (χ0v) is 16.7. The summed E-state index contributed by atoms with van der Waals surface area (Å²) in [4.78, 5) is 26.5. The standard InChI is InChI=1S/C18H20Cl2N4O3/c1-18(2,3)27-17(26)24-7-6-14-12(9-24)15(23-22-14)21-16(25)11-5-4-10(19)8-13(11)20/h4-5,8H,6-7,9H2,1-3H3,(H2,21,22,23,25). The minimum Gasteiger partial charge on any atom is -0.444 e. The number of H-pyrrole nitrogens is 1. The van der Waals surface area contributed by atoms with Crippen molar-refractivity contribution in [2.75, 3.05) is 11.9 Å². The number of ether oxygens (including phenoxy) is 1. The summed E-state index contributed by atoms with van der Waals surface area (Å²) >= 11 is 12.0. The Labute approximate surface area is 167 Å². The van der Waals surface area contributed by atoms with Crippen molar-refractivity contribution in [3.8, 4) is 0 Å². The summed E-state index contributed by atoms with van der Waals surface area (Å²) in [5.74, 6) is -0.0327. The highest BCUT2D eigenvalue weighted by atomic mass is 35.5. The fraction of sp³-hybridized carbons (Fsp3) is 0.389. The highest BCUT2D eigenvalue weighted by molar-refractivity contribution is 6.37. The number of nitrogens with zero attached hydrogens (tertiary/aromatic N) is 2. The van der Waals surface area contributed by atoms with Gasteiger partial charge in [-0.3, -0.25) is 9.89 Å². The molecule has 1 aromatic carbocycles. The first-order chi connectivity index (χ1) is 12.6. The van der Waals surface area contributed by atoms with Crippen LogP contribution in [0.1, 0.15) is 42.4 Å². The summed E-state index contributed by atoms with van der Waals surface area (Å²) in [6.07, 6.45) is 0.200. The van der Waals surface area contributed by atoms with Crippen molar-refractivity contribution in [3.05, 3.63) is 45.1 Å². The quantitative estimate of drug-likeness (QED) is 0.773. The molecule has 0 saturated carbocycles. The number of aromatic amines is 1. The lowest BCUT2D eigenvalue weighted by atomic mass is 10.1. The smallest absolute Gasteiger partial charge is 0.410 e. The molecule has 0 spiro atoms. The molecule has 0 aliphatic carbocycles. The molecule has 2 heterocycles. The van der Waals surface area contributed by atoms with Crippen LogP contribution in [-0.2, 0) is 17.7 Å². The molecule has 0 radical (unpaired) electrons. The third-order valence-corrected chi connectivity index (χ3v) is 4.54. The molecule has 1 aromatic heterocycles. The number of nitrogens with one attached hydrogen (secondary N) is 2. The highest BCUT2D eigenvalue weighted by Crippen LogP contribution is 2.27. The molecule has 2 N–H and O–H groups in total. The maximum absolute atomic E-state index is 12.5. The number of carbonyl (C=O) groups is 2. The number of hydrogen-bond acceptors (Lipinski definition) is 4. The Balaban J connectivity index is 1.76. The summed E-state index contributed by atoms with van der Waals surface area (Å²) in [5.41, 5.74) is 1.35. The molecule has 144 valence electrons. The maximum Gasteiger partial charge on any atom is 0.410 e. The lowest BCUT2D eigenvalue weighted by Crippen LogP contribution is -2.40. The van der Waals surface area contributed by atoms with Crippen LogP contribution in [0.2, 0.25) is 10.0 Å². The minimum atomic E-state index is -0.573. The van der Waals surface area contributed by atoms with Gasteiger partial charge in [0.2, 0.25) is 0 Å². The molecular weight excluding hydrogens is 391 g/mol. The molecule has 3 rings (SSSR count). The fourth-order valence-electron chi connectivity index (χ4n) is 2.73. The van der Waals surface area contributed by atoms with E-state index in [1.165, 1.54) is 6.07 Å². The SMILES string of the molecule is CC(C)(C)OC(=O)N1CCc2[nH]nc(NC(=O)c3ccc(Cl)cc3Cl)c2C1. The Hall–Kier alpha value is -2.25. The summed E-state index contributed by atoms with van der Waals surface area (Å²) < 4.78 is 5.43. The number of amides is 2. The van der Waals surface area contributed by atoms with E-state index < -0.39 is 17.6 Å². The summed E-state index contributed by atoms with van der Waals surface area (Å²) in [7, 11) is 0. The van der Waals surface area contributed by atoms with Gasteiger partial charge in [-0.15, -0.1) is 0 Å². The number of benzene rings is 1. The van der Waals surface area contributed by atoms with E-state index in [0.29, 0.717) is 30.4 Å². The number of halogens is 2. The first-order valence-corrected chi connectivity index (χ1v) is 9.20. The van der Waals surface area contributed by atoms with Crippen molar-refractivity contribution < 1.29 is 14.3 Å². The molecule has 0 fully saturated rings. The monoisotopic (exact) mass is 410 g/mol. The van der Waals surface area contributed by atoms with Crippen LogP contribution in [0.4, 0.5) is 10.6 Å². The predicted molar refractivity (Wildman–Crippen MR) is 103 cm³/mol. The van der Waals surface area contributed by atoms with Crippen LogP contribution < -0.4 is 5.32 Å². The summed E-state index contributed by atoms with van der Waals surface area (Å²) in [5, 5.41) is 10.5. The zero-order chi connectivity index (χ0) is 19.8. The fourth-order valence-corrected chi connectivity index (χ4v) is 3.22. The first kappa shape index (κ1) is 19.5. The second kappa shape index (κ2) is 7.40. The Morgan fingerprint density at radius 1 is 1.30 bits per heavy atom. The lowest BCUT2D eigenvalue weighted by Gasteiger charge is -2.30. The average Bonchev–Trinajstić information content (AvgIpc) is 2.95. The van der Waals surface area contributed by atoms with Gasteiger partial charge in [0.05, 0.1) is 17.1 Å². The third-order valence-electron chi connectivity index (χ3n) is 3.99. The summed E-state index contributed by atoms with van der Waals surface area (Å²) in [6.45, 7) is 6.27. The van der Waals surface area contributed by atoms with Crippen LogP contribution >= 0.6 is 23.2 Å². The predicted octanol–water partition coefficient (Wildman–Crippen LogP) is 4.26. The summed E-state index contributed by atoms with van der Waals surface area (Å²) in [6, 6.07) is 4.64. The average molecular weight is 411 g/mol. The number of aromatic nitrogens is 2. The van der Waals surface area contributed by atoms with Gasteiger partial charge < -0.3 is 15.0 Å². The minimum absolute atomic E-state index is 0.250. The van der Waals surface area contributed by atoms with Gasteiger partial charge in [-0.1, -0.05) is 23.2 Å². The van der Waals surface area contributed by atoms with Crippen LogP contribution in [0.3, 0.4) is 0 Å². The largest absolute Gasteiger partial charge is 0.444 e. The van der Waals surface area contributed by atoms with Crippen molar-refractivity contribution in [1.82, 2.24) is 15.1 Å². The van der Waals surface area contributed by atoms with Gasteiger partial charge in [0.15, 0.2) is 5.82 Å². The van der Waals surface area contributed by atoms with E-state index in [1.807, 2.05) is 20.8 Å². The van der Waals surface area contributed by atoms with Crippen LogP contribution in [0.25, 0.3) is 0 Å². The Morgan fingerprint density at radius 2 is 2.04 bits per heavy atom. The number of carbonyl (C=O) groups excluding carboxylic acids is 2. The number of hydrogen-bond donors (Lipinski definition) is 2. The number of rotatable bonds is 2. The van der Waals surface area contributed by atoms with Gasteiger partial charge in [-0.05, 0) is 39.0 Å². The van der Waals surface area contributed by atoms with Crippen molar-refractivity contribution >= 4 is 41.0 Å². The van der Waals surface area contributed by atoms with E-state index in [1.54, 1.807) is 17.0 Å². The lowest BCUT2D eigenvalue weighted by molar-refractivity contribution is 0.0224. The molecule has 2 amide bonds. The van der Waals surface area contributed by atoms with E-state index in [9.17, 15) is 9.59 Å². The molecule has 9 heteroatoms. The van der Waals surface area contributed by atoms with Crippen molar-refractivity contribution in [2.45, 2.75) is 39.3 Å². The van der Waals surface area contributed by atoms with E-state index in [2.05, 4.69) is 15.5 Å². The van der Waals surface area contributed by atoms with Gasteiger partial charge in [0.1, 0.15) is 5.60 Å². The van der Waals surface area contributed by atoms with Crippen LogP contribution in [0.15, 0.2) is 18.2 Å². The van der Waals surface area contributed by atoms with Gasteiger partial charge in [-0.2, -0.15) is 5.10 Å². The van der Waals surface area contributed by atoms with E-state index in [0.717, 1.165) is 11.3 Å². The molecule has 0 atom stereocenters. The molecule has 7 nitrogen and oxygen atoms in total. The van der Waals surface area contributed by atoms with E-state index in [-0.39, 0.29) is 10.6 Å². The second-order valence-corrected chi connectivity index (χ2v) is 8.10. The second-order valence-electron chi connectivity index (χ2n) is 7.26. The maximum atomic E-state index is 12.5. The highest BCUT2D eigenvalue weighted by Gasteiger charge is 2.29. The topological polar surface area (TPSA) is 87.3 Å². The molecule has 1 aliphatic rings. The van der Waals surface area contributed by atoms with E-state index >= 15 is 0 Å². The number of anilines is 1. The van der Waals surface area contributed by atoms with Crippen molar-refractivity contribution in [1.29, 1.82) is 0 Å². The van der Waals surface area contributed by atoms with Gasteiger partial charge in [0.25, 0.3) is 5.91 Å². The Kier molecular flexibility index (Phi) is 5.35. The Bertz CT molecular complexity index is 889. The van der Waals surface area contributed by atoms with Gasteiger partial charge in [0, 0.05) is 29.2 Å². The first-order valence-electron chi connectivity index (χ1n) is 8.44. The normalized spacial score (nSPS) is 13.9.